The van der Waals surface area contributed by atoms with E-state index in [1.807, 2.05) is 13.0 Å². The summed E-state index contributed by atoms with van der Waals surface area (Å²) in [6.07, 6.45) is 0. The van der Waals surface area contributed by atoms with Gasteiger partial charge in [0.2, 0.25) is 0 Å². The van der Waals surface area contributed by atoms with Gasteiger partial charge in [0.1, 0.15) is 11.6 Å². The number of hydrogen-bond donors (Lipinski definition) is 1. The minimum absolute atomic E-state index is 0.314. The number of hydrogen-bond acceptors (Lipinski definition) is 1. The molecule has 0 amide bonds. The first-order valence-corrected chi connectivity index (χ1v) is 6.70. The average Bonchev–Trinajstić information content (AvgIpc) is 2.34. The van der Waals surface area contributed by atoms with Crippen molar-refractivity contribution in [1.82, 2.24) is 5.32 Å². The van der Waals surface area contributed by atoms with Crippen LogP contribution in [0.25, 0.3) is 0 Å². The Morgan fingerprint density at radius 1 is 1.16 bits per heavy atom. The van der Waals surface area contributed by atoms with Crippen molar-refractivity contribution in [3.63, 3.8) is 0 Å². The molecule has 0 aliphatic rings. The molecule has 0 bridgehead atoms. The molecular formula is C15H14BrF2N. The van der Waals surface area contributed by atoms with Gasteiger partial charge in [-0.2, -0.15) is 0 Å². The van der Waals surface area contributed by atoms with Crippen LogP contribution in [-0.2, 0) is 0 Å². The maximum atomic E-state index is 14.1. The molecule has 2 rings (SSSR count). The third kappa shape index (κ3) is 3.01. The van der Waals surface area contributed by atoms with E-state index in [-0.39, 0.29) is 17.7 Å². The molecule has 100 valence electrons. The molecule has 0 fully saturated rings. The third-order valence-corrected chi connectivity index (χ3v) is 3.59. The van der Waals surface area contributed by atoms with Gasteiger partial charge in [0.05, 0.1) is 10.5 Å². The molecule has 1 atom stereocenters. The number of aryl methyl sites for hydroxylation is 1. The van der Waals surface area contributed by atoms with Gasteiger partial charge in [0.15, 0.2) is 0 Å². The zero-order chi connectivity index (χ0) is 14.0. The Bertz CT molecular complexity index is 578. The van der Waals surface area contributed by atoms with Crippen LogP contribution in [0, 0.1) is 18.6 Å². The largest absolute Gasteiger partial charge is 0.309 e. The lowest BCUT2D eigenvalue weighted by Gasteiger charge is -2.19. The van der Waals surface area contributed by atoms with E-state index >= 15 is 0 Å². The second-order valence-corrected chi connectivity index (χ2v) is 5.28. The number of nitrogens with one attached hydrogen (secondary N) is 1. The molecule has 0 saturated heterocycles. The maximum absolute atomic E-state index is 14.1. The van der Waals surface area contributed by atoms with Crippen molar-refractivity contribution in [2.75, 3.05) is 7.05 Å². The van der Waals surface area contributed by atoms with Crippen LogP contribution in [0.2, 0.25) is 0 Å². The van der Waals surface area contributed by atoms with Crippen molar-refractivity contribution in [2.24, 2.45) is 0 Å². The first kappa shape index (κ1) is 14.2. The van der Waals surface area contributed by atoms with Gasteiger partial charge in [-0.25, -0.2) is 8.78 Å². The summed E-state index contributed by atoms with van der Waals surface area (Å²) in [5.74, 6) is -0.644. The lowest BCUT2D eigenvalue weighted by molar-refractivity contribution is 0.566. The molecule has 19 heavy (non-hydrogen) atoms. The standard InChI is InChI=1S/C15H14BrF2N/c1-9-6-10(8-11(17)7-9)15(19-2)12-4-3-5-13(16)14(12)18/h3-8,15,19H,1-2H3. The summed E-state index contributed by atoms with van der Waals surface area (Å²) in [6, 6.07) is 9.45. The lowest BCUT2D eigenvalue weighted by Crippen LogP contribution is -2.19. The van der Waals surface area contributed by atoms with Gasteiger partial charge in [0, 0.05) is 5.56 Å². The van der Waals surface area contributed by atoms with E-state index in [2.05, 4.69) is 21.2 Å². The molecule has 0 aliphatic heterocycles. The van der Waals surface area contributed by atoms with Crippen molar-refractivity contribution >= 4 is 15.9 Å². The van der Waals surface area contributed by atoms with Gasteiger partial charge in [-0.05, 0) is 59.2 Å². The summed E-state index contributed by atoms with van der Waals surface area (Å²) < 4.78 is 28.0. The Kier molecular flexibility index (Phi) is 4.32. The number of rotatable bonds is 3. The van der Waals surface area contributed by atoms with Crippen molar-refractivity contribution < 1.29 is 8.78 Å². The molecular weight excluding hydrogens is 312 g/mol. The summed E-state index contributed by atoms with van der Waals surface area (Å²) in [4.78, 5) is 0. The first-order chi connectivity index (χ1) is 9.02. The molecule has 4 heteroatoms. The van der Waals surface area contributed by atoms with Crippen LogP contribution in [0.4, 0.5) is 8.78 Å². The fraction of sp³-hybridized carbons (Fsp3) is 0.200. The van der Waals surface area contributed by atoms with Crippen molar-refractivity contribution in [2.45, 2.75) is 13.0 Å². The minimum Gasteiger partial charge on any atom is -0.309 e. The van der Waals surface area contributed by atoms with Crippen molar-refractivity contribution in [3.8, 4) is 0 Å². The van der Waals surface area contributed by atoms with E-state index < -0.39 is 0 Å². The minimum atomic E-state index is -0.383. The van der Waals surface area contributed by atoms with Crippen molar-refractivity contribution in [3.05, 3.63) is 69.2 Å². The second-order valence-electron chi connectivity index (χ2n) is 4.43. The van der Waals surface area contributed by atoms with E-state index in [9.17, 15) is 8.78 Å². The van der Waals surface area contributed by atoms with Crippen LogP contribution in [-0.4, -0.2) is 7.05 Å². The summed E-state index contributed by atoms with van der Waals surface area (Å²) >= 11 is 3.17. The highest BCUT2D eigenvalue weighted by Gasteiger charge is 2.18. The normalized spacial score (nSPS) is 12.5. The molecule has 0 radical (unpaired) electrons. The van der Waals surface area contributed by atoms with Crippen molar-refractivity contribution in [1.29, 1.82) is 0 Å². The summed E-state index contributed by atoms with van der Waals surface area (Å²) in [5.41, 5.74) is 2.00. The molecule has 2 aromatic carbocycles. The molecule has 1 unspecified atom stereocenters. The quantitative estimate of drug-likeness (QED) is 0.884. The van der Waals surface area contributed by atoms with Gasteiger partial charge in [-0.1, -0.05) is 18.2 Å². The Morgan fingerprint density at radius 3 is 2.53 bits per heavy atom. The summed E-state index contributed by atoms with van der Waals surface area (Å²) in [5, 5.41) is 3.03. The zero-order valence-corrected chi connectivity index (χ0v) is 12.3. The molecule has 0 aromatic heterocycles. The molecule has 0 spiro atoms. The van der Waals surface area contributed by atoms with Crippen LogP contribution >= 0.6 is 15.9 Å². The highest BCUT2D eigenvalue weighted by molar-refractivity contribution is 9.10. The maximum Gasteiger partial charge on any atom is 0.142 e. The number of halogens is 3. The van der Waals surface area contributed by atoms with E-state index in [0.717, 1.165) is 5.56 Å². The van der Waals surface area contributed by atoms with Gasteiger partial charge in [0.25, 0.3) is 0 Å². The topological polar surface area (TPSA) is 12.0 Å². The lowest BCUT2D eigenvalue weighted by atomic mass is 9.97. The fourth-order valence-electron chi connectivity index (χ4n) is 2.18. The van der Waals surface area contributed by atoms with Crippen LogP contribution in [0.5, 0.6) is 0 Å². The zero-order valence-electron chi connectivity index (χ0n) is 10.7. The number of benzene rings is 2. The smallest absolute Gasteiger partial charge is 0.142 e. The monoisotopic (exact) mass is 325 g/mol. The highest BCUT2D eigenvalue weighted by atomic mass is 79.9. The first-order valence-electron chi connectivity index (χ1n) is 5.91. The van der Waals surface area contributed by atoms with Gasteiger partial charge in [-0.3, -0.25) is 0 Å². The molecule has 2 aromatic rings. The predicted octanol–water partition coefficient (Wildman–Crippen LogP) is 4.34. The molecule has 0 saturated carbocycles. The van der Waals surface area contributed by atoms with Gasteiger partial charge >= 0.3 is 0 Å². The molecule has 1 N–H and O–H groups in total. The summed E-state index contributed by atoms with van der Waals surface area (Å²) in [6.45, 7) is 1.82. The summed E-state index contributed by atoms with van der Waals surface area (Å²) in [7, 11) is 1.73. The molecule has 0 heterocycles. The van der Waals surface area contributed by atoms with E-state index in [0.29, 0.717) is 15.6 Å². The van der Waals surface area contributed by atoms with Crippen LogP contribution < -0.4 is 5.32 Å². The Hall–Kier alpha value is -1.26. The molecule has 1 nitrogen and oxygen atoms in total. The predicted molar refractivity (Wildman–Crippen MR) is 76.1 cm³/mol. The Morgan fingerprint density at radius 2 is 1.89 bits per heavy atom. The van der Waals surface area contributed by atoms with E-state index in [4.69, 9.17) is 0 Å². The van der Waals surface area contributed by atoms with Crippen LogP contribution in [0.15, 0.2) is 40.9 Å². The van der Waals surface area contributed by atoms with E-state index in [1.165, 1.54) is 12.1 Å². The van der Waals surface area contributed by atoms with Gasteiger partial charge < -0.3 is 5.32 Å². The Labute approximate surface area is 119 Å². The third-order valence-electron chi connectivity index (χ3n) is 2.98. The average molecular weight is 326 g/mol. The van der Waals surface area contributed by atoms with Crippen LogP contribution in [0.3, 0.4) is 0 Å². The SMILES string of the molecule is CNC(c1cc(C)cc(F)c1)c1cccc(Br)c1F. The fourth-order valence-corrected chi connectivity index (χ4v) is 2.56. The Balaban J connectivity index is 2.53. The second kappa shape index (κ2) is 5.80. The highest BCUT2D eigenvalue weighted by Crippen LogP contribution is 2.29. The molecule has 0 aliphatic carbocycles. The van der Waals surface area contributed by atoms with E-state index in [1.54, 1.807) is 25.2 Å². The van der Waals surface area contributed by atoms with Gasteiger partial charge in [-0.15, -0.1) is 0 Å². The van der Waals surface area contributed by atoms with Crippen LogP contribution in [0.1, 0.15) is 22.7 Å².